The first-order valence-corrected chi connectivity index (χ1v) is 6.66. The lowest BCUT2D eigenvalue weighted by molar-refractivity contribution is 0.217. The fourth-order valence-corrected chi connectivity index (χ4v) is 2.60. The molecule has 0 bridgehead atoms. The summed E-state index contributed by atoms with van der Waals surface area (Å²) in [7, 11) is 1.94. The lowest BCUT2D eigenvalue weighted by atomic mass is 10.0. The Hall–Kier alpha value is -1.87. The molecule has 1 atom stereocenters. The van der Waals surface area contributed by atoms with E-state index >= 15 is 0 Å². The number of nitrogens with zero attached hydrogens (tertiary/aromatic N) is 1. The van der Waals surface area contributed by atoms with Crippen LogP contribution in [0.3, 0.4) is 0 Å². The number of hydrogen-bond acceptors (Lipinski definition) is 3. The number of benzene rings is 1. The van der Waals surface area contributed by atoms with Crippen LogP contribution in [0.15, 0.2) is 42.2 Å². The molecule has 1 aromatic carbocycles. The number of aromatic nitrogens is 1. The summed E-state index contributed by atoms with van der Waals surface area (Å²) in [5.41, 5.74) is 3.31. The summed E-state index contributed by atoms with van der Waals surface area (Å²) < 4.78 is 5.67. The van der Waals surface area contributed by atoms with Gasteiger partial charge in [0.05, 0.1) is 17.8 Å². The molecule has 98 valence electrons. The molecule has 0 aliphatic carbocycles. The summed E-state index contributed by atoms with van der Waals surface area (Å²) >= 11 is 0. The van der Waals surface area contributed by atoms with Gasteiger partial charge in [0.1, 0.15) is 11.8 Å². The summed E-state index contributed by atoms with van der Waals surface area (Å²) in [5.74, 6) is 0.990. The summed E-state index contributed by atoms with van der Waals surface area (Å²) in [6.45, 7) is 2.91. The van der Waals surface area contributed by atoms with Gasteiger partial charge in [-0.3, -0.25) is 4.98 Å². The van der Waals surface area contributed by atoms with Crippen LogP contribution in [0.2, 0.25) is 0 Å². The zero-order chi connectivity index (χ0) is 13.2. The molecule has 0 amide bonds. The predicted molar refractivity (Wildman–Crippen MR) is 76.9 cm³/mol. The van der Waals surface area contributed by atoms with Gasteiger partial charge < -0.3 is 10.1 Å². The van der Waals surface area contributed by atoms with Gasteiger partial charge in [-0.15, -0.1) is 0 Å². The molecule has 2 aromatic rings. The van der Waals surface area contributed by atoms with E-state index in [0.29, 0.717) is 0 Å². The quantitative estimate of drug-likeness (QED) is 0.914. The second-order valence-electron chi connectivity index (χ2n) is 4.85. The highest BCUT2D eigenvalue weighted by Gasteiger charge is 2.21. The van der Waals surface area contributed by atoms with E-state index in [1.54, 1.807) is 0 Å². The van der Waals surface area contributed by atoms with Gasteiger partial charge in [0, 0.05) is 11.8 Å². The molecule has 1 N–H and O–H groups in total. The van der Waals surface area contributed by atoms with Crippen molar-refractivity contribution in [2.24, 2.45) is 0 Å². The predicted octanol–water partition coefficient (Wildman–Crippen LogP) is 3.11. The molecule has 1 aliphatic rings. The van der Waals surface area contributed by atoms with Crippen molar-refractivity contribution in [3.63, 3.8) is 0 Å². The van der Waals surface area contributed by atoms with Crippen LogP contribution in [0, 0.1) is 6.92 Å². The maximum absolute atomic E-state index is 5.67. The third kappa shape index (κ3) is 2.22. The van der Waals surface area contributed by atoms with Crippen LogP contribution in [0.1, 0.15) is 23.7 Å². The smallest absolute Gasteiger partial charge is 0.115 e. The van der Waals surface area contributed by atoms with Crippen molar-refractivity contribution in [3.05, 3.63) is 53.4 Å². The molecule has 1 aliphatic heterocycles. The maximum atomic E-state index is 5.67. The van der Waals surface area contributed by atoms with E-state index in [4.69, 9.17) is 9.72 Å². The van der Waals surface area contributed by atoms with E-state index in [1.807, 2.05) is 13.1 Å². The normalized spacial score (nSPS) is 16.2. The molecule has 3 heteroatoms. The Balaban J connectivity index is 2.08. The number of likely N-dealkylation sites (N-methyl/N-ethyl adjacent to an activating group) is 1. The van der Waals surface area contributed by atoms with Crippen molar-refractivity contribution in [2.75, 3.05) is 13.7 Å². The number of aryl methyl sites for hydroxylation is 1. The molecule has 3 rings (SSSR count). The van der Waals surface area contributed by atoms with Crippen molar-refractivity contribution in [1.82, 2.24) is 10.3 Å². The summed E-state index contributed by atoms with van der Waals surface area (Å²) in [6, 6.07) is 10.4. The third-order valence-electron chi connectivity index (χ3n) is 3.54. The second-order valence-corrected chi connectivity index (χ2v) is 4.85. The fourth-order valence-electron chi connectivity index (χ4n) is 2.60. The Kier molecular flexibility index (Phi) is 3.22. The van der Waals surface area contributed by atoms with Crippen LogP contribution in [0.25, 0.3) is 10.9 Å². The Morgan fingerprint density at radius 2 is 2.16 bits per heavy atom. The van der Waals surface area contributed by atoms with Crippen molar-refractivity contribution in [1.29, 1.82) is 0 Å². The van der Waals surface area contributed by atoms with Crippen molar-refractivity contribution in [2.45, 2.75) is 19.4 Å². The third-order valence-corrected chi connectivity index (χ3v) is 3.54. The van der Waals surface area contributed by atoms with Crippen molar-refractivity contribution < 1.29 is 4.74 Å². The summed E-state index contributed by atoms with van der Waals surface area (Å²) in [4.78, 5) is 4.77. The molecule has 0 saturated heterocycles. The topological polar surface area (TPSA) is 34.1 Å². The van der Waals surface area contributed by atoms with Crippen LogP contribution >= 0.6 is 0 Å². The SMILES string of the molecule is CNC(C1=CCCO1)c1cc(C)c2ccccc2n1. The molecule has 1 unspecified atom stereocenters. The van der Waals surface area contributed by atoms with Gasteiger partial charge in [-0.05, 0) is 37.7 Å². The summed E-state index contributed by atoms with van der Waals surface area (Å²) in [6.07, 6.45) is 3.13. The van der Waals surface area contributed by atoms with E-state index in [9.17, 15) is 0 Å². The maximum Gasteiger partial charge on any atom is 0.115 e. The van der Waals surface area contributed by atoms with Crippen LogP contribution in [-0.4, -0.2) is 18.6 Å². The number of fused-ring (bicyclic) bond motifs is 1. The second kappa shape index (κ2) is 5.02. The Labute approximate surface area is 113 Å². The lowest BCUT2D eigenvalue weighted by Gasteiger charge is -2.18. The van der Waals surface area contributed by atoms with Crippen LogP contribution in [0.4, 0.5) is 0 Å². The minimum atomic E-state index is 0.0470. The van der Waals surface area contributed by atoms with Crippen LogP contribution < -0.4 is 5.32 Å². The van der Waals surface area contributed by atoms with Crippen molar-refractivity contribution >= 4 is 10.9 Å². The molecular weight excluding hydrogens is 236 g/mol. The average molecular weight is 254 g/mol. The monoisotopic (exact) mass is 254 g/mol. The molecule has 19 heavy (non-hydrogen) atoms. The Morgan fingerprint density at radius 1 is 1.32 bits per heavy atom. The lowest BCUT2D eigenvalue weighted by Crippen LogP contribution is -2.20. The van der Waals surface area contributed by atoms with Gasteiger partial charge in [-0.2, -0.15) is 0 Å². The molecule has 2 heterocycles. The van der Waals surface area contributed by atoms with E-state index in [0.717, 1.165) is 30.0 Å². The molecule has 0 fully saturated rings. The number of nitrogens with one attached hydrogen (secondary N) is 1. The largest absolute Gasteiger partial charge is 0.496 e. The van der Waals surface area contributed by atoms with Gasteiger partial charge in [0.2, 0.25) is 0 Å². The van der Waals surface area contributed by atoms with E-state index in [1.165, 1.54) is 10.9 Å². The first-order chi connectivity index (χ1) is 9.29. The molecule has 3 nitrogen and oxygen atoms in total. The van der Waals surface area contributed by atoms with E-state index in [2.05, 4.69) is 42.6 Å². The van der Waals surface area contributed by atoms with Gasteiger partial charge in [-0.1, -0.05) is 18.2 Å². The highest BCUT2D eigenvalue weighted by atomic mass is 16.5. The first-order valence-electron chi connectivity index (χ1n) is 6.66. The van der Waals surface area contributed by atoms with E-state index in [-0.39, 0.29) is 6.04 Å². The van der Waals surface area contributed by atoms with E-state index < -0.39 is 0 Å². The molecule has 0 spiro atoms. The standard InChI is InChI=1S/C16H18N2O/c1-11-10-14(16(17-2)15-8-5-9-19-15)18-13-7-4-3-6-12(11)13/h3-4,6-8,10,16-17H,5,9H2,1-2H3. The number of ether oxygens (including phenoxy) is 1. The fraction of sp³-hybridized carbons (Fsp3) is 0.312. The van der Waals surface area contributed by atoms with Gasteiger partial charge in [0.25, 0.3) is 0 Å². The molecule has 0 radical (unpaired) electrons. The highest BCUT2D eigenvalue weighted by molar-refractivity contribution is 5.82. The minimum Gasteiger partial charge on any atom is -0.496 e. The van der Waals surface area contributed by atoms with Gasteiger partial charge >= 0.3 is 0 Å². The number of para-hydroxylation sites is 1. The molecular formula is C16H18N2O. The first kappa shape index (κ1) is 12.2. The average Bonchev–Trinajstić information content (AvgIpc) is 2.94. The minimum absolute atomic E-state index is 0.0470. The summed E-state index contributed by atoms with van der Waals surface area (Å²) in [5, 5.41) is 4.51. The van der Waals surface area contributed by atoms with Gasteiger partial charge in [-0.25, -0.2) is 0 Å². The number of hydrogen-bond donors (Lipinski definition) is 1. The van der Waals surface area contributed by atoms with Crippen LogP contribution in [0.5, 0.6) is 0 Å². The van der Waals surface area contributed by atoms with Gasteiger partial charge in [0.15, 0.2) is 0 Å². The highest BCUT2D eigenvalue weighted by Crippen LogP contribution is 2.27. The molecule has 1 aromatic heterocycles. The Morgan fingerprint density at radius 3 is 2.89 bits per heavy atom. The zero-order valence-electron chi connectivity index (χ0n) is 11.3. The van der Waals surface area contributed by atoms with Crippen LogP contribution in [-0.2, 0) is 4.74 Å². The molecule has 0 saturated carbocycles. The van der Waals surface area contributed by atoms with Crippen molar-refractivity contribution in [3.8, 4) is 0 Å². The zero-order valence-corrected chi connectivity index (χ0v) is 11.3. The Bertz CT molecular complexity index is 634. The number of pyridine rings is 1. The number of rotatable bonds is 3.